The van der Waals surface area contributed by atoms with Crippen molar-refractivity contribution in [1.29, 1.82) is 0 Å². The van der Waals surface area contributed by atoms with Crippen molar-refractivity contribution in [2.75, 3.05) is 0 Å². The lowest BCUT2D eigenvalue weighted by Crippen LogP contribution is -2.09. The molecule has 3 aromatic rings. The van der Waals surface area contributed by atoms with Gasteiger partial charge in [0.05, 0.1) is 10.0 Å². The molecule has 0 unspecified atom stereocenters. The molecular weight excluding hydrogens is 323 g/mol. The lowest BCUT2D eigenvalue weighted by atomic mass is 9.88. The summed E-state index contributed by atoms with van der Waals surface area (Å²) < 4.78 is 0. The molecule has 21 heavy (non-hydrogen) atoms. The molecule has 0 saturated heterocycles. The Morgan fingerprint density at radius 1 is 1.10 bits per heavy atom. The topological polar surface area (TPSA) is 25.8 Å². The molecule has 0 saturated carbocycles. The minimum Gasteiger partial charge on any atom is -0.244 e. The fourth-order valence-electron chi connectivity index (χ4n) is 2.31. The number of nitrogens with zero attached hydrogens (tertiary/aromatic N) is 2. The first kappa shape index (κ1) is 14.8. The summed E-state index contributed by atoms with van der Waals surface area (Å²) in [7, 11) is 0. The van der Waals surface area contributed by atoms with E-state index in [1.165, 1.54) is 4.88 Å². The first-order valence-electron chi connectivity index (χ1n) is 6.56. The van der Waals surface area contributed by atoms with Crippen molar-refractivity contribution in [1.82, 2.24) is 9.97 Å². The van der Waals surface area contributed by atoms with Crippen molar-refractivity contribution in [3.63, 3.8) is 0 Å². The SMILES string of the molecule is CC(C)(C)c1sc2ncncc2c1-c1ccc(Cl)c(Cl)c1. The summed E-state index contributed by atoms with van der Waals surface area (Å²) in [5, 5.41) is 2.18. The number of thiophene rings is 1. The molecule has 0 atom stereocenters. The molecule has 0 N–H and O–H groups in total. The van der Waals surface area contributed by atoms with Crippen LogP contribution in [-0.2, 0) is 5.41 Å². The molecule has 0 bridgehead atoms. The zero-order valence-corrected chi connectivity index (χ0v) is 14.3. The van der Waals surface area contributed by atoms with Crippen LogP contribution in [0.1, 0.15) is 25.6 Å². The van der Waals surface area contributed by atoms with Crippen LogP contribution in [0.3, 0.4) is 0 Å². The Hall–Kier alpha value is -1.16. The third kappa shape index (κ3) is 2.66. The maximum Gasteiger partial charge on any atom is 0.127 e. The fourth-order valence-corrected chi connectivity index (χ4v) is 3.80. The minimum atomic E-state index is 0.0206. The molecule has 108 valence electrons. The van der Waals surface area contributed by atoms with E-state index in [2.05, 4.69) is 30.7 Å². The van der Waals surface area contributed by atoms with Gasteiger partial charge in [0, 0.05) is 22.0 Å². The van der Waals surface area contributed by atoms with Crippen LogP contribution in [-0.4, -0.2) is 9.97 Å². The summed E-state index contributed by atoms with van der Waals surface area (Å²) in [6.07, 6.45) is 3.45. The van der Waals surface area contributed by atoms with Crippen LogP contribution in [0.25, 0.3) is 21.3 Å². The summed E-state index contributed by atoms with van der Waals surface area (Å²) in [5.41, 5.74) is 2.23. The summed E-state index contributed by atoms with van der Waals surface area (Å²) in [4.78, 5) is 10.8. The van der Waals surface area contributed by atoms with Crippen LogP contribution < -0.4 is 0 Å². The summed E-state index contributed by atoms with van der Waals surface area (Å²) >= 11 is 13.9. The lowest BCUT2D eigenvalue weighted by Gasteiger charge is -2.19. The van der Waals surface area contributed by atoms with Crippen LogP contribution in [0.2, 0.25) is 10.0 Å². The lowest BCUT2D eigenvalue weighted by molar-refractivity contribution is 0.606. The number of hydrogen-bond acceptors (Lipinski definition) is 3. The smallest absolute Gasteiger partial charge is 0.127 e. The van der Waals surface area contributed by atoms with Gasteiger partial charge >= 0.3 is 0 Å². The maximum absolute atomic E-state index is 6.19. The second kappa shape index (κ2) is 5.24. The van der Waals surface area contributed by atoms with Gasteiger partial charge in [-0.1, -0.05) is 50.0 Å². The fraction of sp³-hybridized carbons (Fsp3) is 0.250. The van der Waals surface area contributed by atoms with Crippen molar-refractivity contribution >= 4 is 44.8 Å². The average Bonchev–Trinajstić information content (AvgIpc) is 2.81. The Labute approximate surface area is 137 Å². The van der Waals surface area contributed by atoms with Gasteiger partial charge in [-0.25, -0.2) is 9.97 Å². The Balaban J connectivity index is 2.36. The highest BCUT2D eigenvalue weighted by atomic mass is 35.5. The Morgan fingerprint density at radius 3 is 2.52 bits per heavy atom. The quantitative estimate of drug-likeness (QED) is 0.547. The van der Waals surface area contributed by atoms with E-state index in [0.29, 0.717) is 10.0 Å². The Bertz CT molecular complexity index is 819. The first-order valence-corrected chi connectivity index (χ1v) is 8.13. The zero-order chi connectivity index (χ0) is 15.2. The predicted molar refractivity (Wildman–Crippen MR) is 91.6 cm³/mol. The molecule has 3 rings (SSSR count). The van der Waals surface area contributed by atoms with E-state index in [1.807, 2.05) is 24.4 Å². The number of aromatic nitrogens is 2. The van der Waals surface area contributed by atoms with Crippen molar-refractivity contribution in [3.05, 3.63) is 45.6 Å². The van der Waals surface area contributed by atoms with Crippen LogP contribution in [0.15, 0.2) is 30.7 Å². The van der Waals surface area contributed by atoms with E-state index >= 15 is 0 Å². The normalized spacial score (nSPS) is 12.0. The van der Waals surface area contributed by atoms with Crippen LogP contribution in [0.4, 0.5) is 0 Å². The highest BCUT2D eigenvalue weighted by molar-refractivity contribution is 7.19. The second-order valence-electron chi connectivity index (χ2n) is 5.93. The molecule has 0 aliphatic heterocycles. The van der Waals surface area contributed by atoms with E-state index in [9.17, 15) is 0 Å². The monoisotopic (exact) mass is 336 g/mol. The Morgan fingerprint density at radius 2 is 1.86 bits per heavy atom. The predicted octanol–water partition coefficient (Wildman–Crippen LogP) is 5.96. The van der Waals surface area contributed by atoms with Crippen LogP contribution in [0, 0.1) is 0 Å². The van der Waals surface area contributed by atoms with Gasteiger partial charge in [-0.3, -0.25) is 0 Å². The molecule has 0 radical (unpaired) electrons. The molecule has 0 aliphatic carbocycles. The number of halogens is 2. The van der Waals surface area contributed by atoms with E-state index < -0.39 is 0 Å². The van der Waals surface area contributed by atoms with Crippen molar-refractivity contribution in [2.45, 2.75) is 26.2 Å². The van der Waals surface area contributed by atoms with Gasteiger partial charge in [-0.05, 0) is 23.1 Å². The van der Waals surface area contributed by atoms with E-state index in [1.54, 1.807) is 17.7 Å². The molecule has 2 heterocycles. The largest absolute Gasteiger partial charge is 0.244 e. The van der Waals surface area contributed by atoms with Gasteiger partial charge in [-0.15, -0.1) is 11.3 Å². The molecule has 0 spiro atoms. The van der Waals surface area contributed by atoms with Gasteiger partial charge < -0.3 is 0 Å². The van der Waals surface area contributed by atoms with Crippen LogP contribution in [0.5, 0.6) is 0 Å². The number of hydrogen-bond donors (Lipinski definition) is 0. The maximum atomic E-state index is 6.19. The van der Waals surface area contributed by atoms with Gasteiger partial charge in [0.15, 0.2) is 0 Å². The van der Waals surface area contributed by atoms with Crippen LogP contribution >= 0.6 is 34.5 Å². The third-order valence-electron chi connectivity index (χ3n) is 3.26. The second-order valence-corrected chi connectivity index (χ2v) is 7.74. The molecule has 5 heteroatoms. The summed E-state index contributed by atoms with van der Waals surface area (Å²) in [5.74, 6) is 0. The number of benzene rings is 1. The summed E-state index contributed by atoms with van der Waals surface area (Å²) in [6, 6.07) is 5.74. The number of rotatable bonds is 1. The van der Waals surface area contributed by atoms with Crippen molar-refractivity contribution in [2.24, 2.45) is 0 Å². The molecule has 0 fully saturated rings. The Kier molecular flexibility index (Phi) is 3.68. The zero-order valence-electron chi connectivity index (χ0n) is 11.9. The van der Waals surface area contributed by atoms with Gasteiger partial charge in [0.1, 0.15) is 11.2 Å². The third-order valence-corrected chi connectivity index (χ3v) is 5.54. The summed E-state index contributed by atoms with van der Waals surface area (Å²) in [6.45, 7) is 6.60. The molecule has 2 aromatic heterocycles. The molecule has 0 amide bonds. The standard InChI is InChI=1S/C16H14Cl2N2S/c1-16(2,3)14-13(9-4-5-11(17)12(18)6-9)10-7-19-8-20-15(10)21-14/h4-8H,1-3H3. The van der Waals surface area contributed by atoms with Crippen molar-refractivity contribution in [3.8, 4) is 11.1 Å². The molecule has 2 nitrogen and oxygen atoms in total. The highest BCUT2D eigenvalue weighted by Crippen LogP contribution is 2.44. The highest BCUT2D eigenvalue weighted by Gasteiger charge is 2.24. The average molecular weight is 337 g/mol. The van der Waals surface area contributed by atoms with E-state index in [4.69, 9.17) is 23.2 Å². The van der Waals surface area contributed by atoms with Gasteiger partial charge in [0.2, 0.25) is 0 Å². The van der Waals surface area contributed by atoms with E-state index in [0.717, 1.165) is 21.3 Å². The minimum absolute atomic E-state index is 0.0206. The molecule has 1 aromatic carbocycles. The van der Waals surface area contributed by atoms with Gasteiger partial charge in [-0.2, -0.15) is 0 Å². The first-order chi connectivity index (χ1) is 9.88. The number of fused-ring (bicyclic) bond motifs is 1. The van der Waals surface area contributed by atoms with E-state index in [-0.39, 0.29) is 5.41 Å². The van der Waals surface area contributed by atoms with Gasteiger partial charge in [0.25, 0.3) is 0 Å². The molecule has 0 aliphatic rings. The molecular formula is C16H14Cl2N2S. The van der Waals surface area contributed by atoms with Crippen molar-refractivity contribution < 1.29 is 0 Å².